The Morgan fingerprint density at radius 1 is 1.04 bits per heavy atom. The fraction of sp³-hybridized carbons (Fsp3) is 0.412. The van der Waals surface area contributed by atoms with Gasteiger partial charge in [-0.15, -0.1) is 0 Å². The minimum Gasteiger partial charge on any atom is -0.351 e. The van der Waals surface area contributed by atoms with Gasteiger partial charge in [-0.1, -0.05) is 11.6 Å². The molecule has 1 aromatic carbocycles. The van der Waals surface area contributed by atoms with Gasteiger partial charge in [0.25, 0.3) is 0 Å². The van der Waals surface area contributed by atoms with E-state index in [1.165, 1.54) is 12.1 Å². The lowest BCUT2D eigenvalue weighted by Gasteiger charge is -2.13. The van der Waals surface area contributed by atoms with Gasteiger partial charge in [0.2, 0.25) is 5.95 Å². The first kappa shape index (κ1) is 16.4. The van der Waals surface area contributed by atoms with Gasteiger partial charge in [0.1, 0.15) is 5.82 Å². The van der Waals surface area contributed by atoms with Crippen LogP contribution in [0.4, 0.5) is 30.6 Å². The number of aromatic nitrogens is 2. The monoisotopic (exact) mass is 368 g/mol. The fourth-order valence-electron chi connectivity index (χ4n) is 2.56. The smallest absolute Gasteiger partial charge is 0.351 e. The molecule has 2 aromatic rings. The Morgan fingerprint density at radius 2 is 1.80 bits per heavy atom. The van der Waals surface area contributed by atoms with Crippen molar-refractivity contribution in [3.8, 4) is 0 Å². The van der Waals surface area contributed by atoms with Crippen molar-refractivity contribution in [2.75, 3.05) is 10.6 Å². The topological polar surface area (TPSA) is 49.8 Å². The third-order valence-electron chi connectivity index (χ3n) is 4.20. The Labute approximate surface area is 147 Å². The highest BCUT2D eigenvalue weighted by molar-refractivity contribution is 6.31. The second-order valence-corrected chi connectivity index (χ2v) is 6.92. The largest absolute Gasteiger partial charge is 0.417 e. The summed E-state index contributed by atoms with van der Waals surface area (Å²) in [5.41, 5.74) is 0.340. The van der Waals surface area contributed by atoms with Crippen LogP contribution in [0.15, 0.2) is 24.3 Å². The summed E-state index contributed by atoms with van der Waals surface area (Å²) in [6.07, 6.45) is -0.160. The molecule has 132 valence electrons. The minimum absolute atomic E-state index is 0.287. The zero-order valence-corrected chi connectivity index (χ0v) is 14.0. The quantitative estimate of drug-likeness (QED) is 0.747. The van der Waals surface area contributed by atoms with E-state index in [9.17, 15) is 13.2 Å². The Hall–Kier alpha value is -2.02. The van der Waals surface area contributed by atoms with Crippen molar-refractivity contribution in [2.45, 2.75) is 43.8 Å². The molecule has 0 spiro atoms. The highest BCUT2D eigenvalue weighted by Crippen LogP contribution is 2.41. The normalized spacial score (nSPS) is 17.4. The van der Waals surface area contributed by atoms with Gasteiger partial charge >= 0.3 is 6.18 Å². The lowest BCUT2D eigenvalue weighted by atomic mass is 10.2. The van der Waals surface area contributed by atoms with E-state index in [0.717, 1.165) is 37.4 Å². The van der Waals surface area contributed by atoms with Crippen molar-refractivity contribution < 1.29 is 13.2 Å². The molecule has 8 heteroatoms. The first-order valence-corrected chi connectivity index (χ1v) is 8.55. The van der Waals surface area contributed by atoms with Gasteiger partial charge in [0, 0.05) is 23.7 Å². The second kappa shape index (κ2) is 6.05. The predicted molar refractivity (Wildman–Crippen MR) is 90.4 cm³/mol. The maximum Gasteiger partial charge on any atom is 0.417 e. The SMILES string of the molecule is FC(F)(F)c1cc(Nc2cc(C3CC3)nc(NC3CC3)n2)ccc1Cl. The van der Waals surface area contributed by atoms with Gasteiger partial charge in [-0.25, -0.2) is 4.98 Å². The fourth-order valence-corrected chi connectivity index (χ4v) is 2.79. The summed E-state index contributed by atoms with van der Waals surface area (Å²) in [7, 11) is 0. The highest BCUT2D eigenvalue weighted by Gasteiger charge is 2.33. The minimum atomic E-state index is -4.50. The molecule has 1 heterocycles. The molecule has 4 rings (SSSR count). The number of rotatable bonds is 5. The molecule has 2 aliphatic carbocycles. The van der Waals surface area contributed by atoms with Crippen LogP contribution in [-0.4, -0.2) is 16.0 Å². The lowest BCUT2D eigenvalue weighted by molar-refractivity contribution is -0.137. The molecule has 0 radical (unpaired) electrons. The predicted octanol–water partition coefficient (Wildman–Crippen LogP) is 5.34. The van der Waals surface area contributed by atoms with Crippen molar-refractivity contribution in [3.63, 3.8) is 0 Å². The maximum atomic E-state index is 13.0. The zero-order chi connectivity index (χ0) is 17.6. The van der Waals surface area contributed by atoms with Crippen molar-refractivity contribution in [1.29, 1.82) is 0 Å². The van der Waals surface area contributed by atoms with E-state index in [-0.39, 0.29) is 10.7 Å². The van der Waals surface area contributed by atoms with Crippen LogP contribution in [0.5, 0.6) is 0 Å². The van der Waals surface area contributed by atoms with E-state index >= 15 is 0 Å². The Balaban J connectivity index is 1.62. The second-order valence-electron chi connectivity index (χ2n) is 6.51. The van der Waals surface area contributed by atoms with Gasteiger partial charge < -0.3 is 10.6 Å². The van der Waals surface area contributed by atoms with E-state index in [1.807, 2.05) is 0 Å². The standard InChI is InChI=1S/C17H16ClF3N4/c18-13-6-5-11(7-12(13)17(19,20)21)22-15-8-14(9-1-2-9)24-16(25-15)23-10-3-4-10/h5-10H,1-4H2,(H2,22,23,24,25). The molecule has 2 saturated carbocycles. The Kier molecular flexibility index (Phi) is 3.98. The average Bonchev–Trinajstić information content (AvgIpc) is 3.42. The molecule has 4 nitrogen and oxygen atoms in total. The molecule has 2 fully saturated rings. The first-order chi connectivity index (χ1) is 11.9. The summed E-state index contributed by atoms with van der Waals surface area (Å²) < 4.78 is 39.0. The lowest BCUT2D eigenvalue weighted by Crippen LogP contribution is -2.09. The van der Waals surface area contributed by atoms with Crippen LogP contribution >= 0.6 is 11.6 Å². The summed E-state index contributed by atoms with van der Waals surface area (Å²) in [6, 6.07) is 5.94. The molecule has 0 amide bonds. The Bertz CT molecular complexity index is 801. The van der Waals surface area contributed by atoms with Gasteiger partial charge in [0.15, 0.2) is 0 Å². The molecule has 0 unspecified atom stereocenters. The first-order valence-electron chi connectivity index (χ1n) is 8.18. The number of alkyl halides is 3. The number of nitrogens with one attached hydrogen (secondary N) is 2. The molecule has 2 aliphatic rings. The number of benzene rings is 1. The Morgan fingerprint density at radius 3 is 2.44 bits per heavy atom. The third-order valence-corrected chi connectivity index (χ3v) is 4.53. The van der Waals surface area contributed by atoms with Crippen LogP contribution in [0.1, 0.15) is 42.9 Å². The molecule has 2 N–H and O–H groups in total. The molecular weight excluding hydrogens is 353 g/mol. The number of nitrogens with zero attached hydrogens (tertiary/aromatic N) is 2. The molecule has 0 atom stereocenters. The van der Waals surface area contributed by atoms with E-state index in [4.69, 9.17) is 11.6 Å². The molecule has 25 heavy (non-hydrogen) atoms. The highest BCUT2D eigenvalue weighted by atomic mass is 35.5. The van der Waals surface area contributed by atoms with Crippen molar-refractivity contribution >= 4 is 29.1 Å². The molecular formula is C17H16ClF3N4. The summed E-state index contributed by atoms with van der Waals surface area (Å²) in [4.78, 5) is 8.91. The van der Waals surface area contributed by atoms with Crippen LogP contribution in [0.3, 0.4) is 0 Å². The van der Waals surface area contributed by atoms with Crippen LogP contribution in [-0.2, 0) is 6.18 Å². The van der Waals surface area contributed by atoms with Gasteiger partial charge in [-0.2, -0.15) is 18.2 Å². The van der Waals surface area contributed by atoms with Crippen LogP contribution in [0.2, 0.25) is 5.02 Å². The number of halogens is 4. The van der Waals surface area contributed by atoms with E-state index < -0.39 is 11.7 Å². The van der Waals surface area contributed by atoms with Crippen molar-refractivity contribution in [1.82, 2.24) is 9.97 Å². The van der Waals surface area contributed by atoms with E-state index in [2.05, 4.69) is 20.6 Å². The van der Waals surface area contributed by atoms with Gasteiger partial charge in [-0.05, 0) is 43.9 Å². The van der Waals surface area contributed by atoms with Crippen LogP contribution in [0.25, 0.3) is 0 Å². The summed E-state index contributed by atoms with van der Waals surface area (Å²) >= 11 is 5.66. The van der Waals surface area contributed by atoms with E-state index in [1.54, 1.807) is 6.07 Å². The summed E-state index contributed by atoms with van der Waals surface area (Å²) in [5.74, 6) is 1.43. The van der Waals surface area contributed by atoms with Gasteiger partial charge in [0.05, 0.1) is 16.3 Å². The summed E-state index contributed by atoms with van der Waals surface area (Å²) in [5, 5.41) is 5.87. The molecule has 0 saturated heterocycles. The van der Waals surface area contributed by atoms with E-state index in [0.29, 0.717) is 23.7 Å². The number of hydrogen-bond acceptors (Lipinski definition) is 4. The molecule has 0 bridgehead atoms. The average molecular weight is 369 g/mol. The third kappa shape index (κ3) is 3.98. The van der Waals surface area contributed by atoms with Crippen molar-refractivity contribution in [2.24, 2.45) is 0 Å². The zero-order valence-electron chi connectivity index (χ0n) is 13.2. The molecule has 1 aromatic heterocycles. The van der Waals surface area contributed by atoms with Crippen LogP contribution < -0.4 is 10.6 Å². The van der Waals surface area contributed by atoms with Crippen molar-refractivity contribution in [3.05, 3.63) is 40.5 Å². The van der Waals surface area contributed by atoms with Gasteiger partial charge in [-0.3, -0.25) is 0 Å². The van der Waals surface area contributed by atoms with Crippen LogP contribution in [0, 0.1) is 0 Å². The molecule has 0 aliphatic heterocycles. The summed E-state index contributed by atoms with van der Waals surface area (Å²) in [6.45, 7) is 0. The number of anilines is 3. The maximum absolute atomic E-state index is 13.0. The number of hydrogen-bond donors (Lipinski definition) is 2.